The Bertz CT molecular complexity index is 1130. The van der Waals surface area contributed by atoms with Crippen LogP contribution in [0.25, 0.3) is 0 Å². The number of benzene rings is 2. The zero-order chi connectivity index (χ0) is 23.3. The largest absolute Gasteiger partial charge is 0.494 e. The van der Waals surface area contributed by atoms with Crippen molar-refractivity contribution in [3.05, 3.63) is 75.7 Å². The summed E-state index contributed by atoms with van der Waals surface area (Å²) in [6.07, 6.45) is 0. The topological polar surface area (TPSA) is 93.7 Å². The van der Waals surface area contributed by atoms with E-state index in [-0.39, 0.29) is 16.5 Å². The fourth-order valence-electron chi connectivity index (χ4n) is 3.04. The summed E-state index contributed by atoms with van der Waals surface area (Å²) in [5.74, 6) is -0.697. The summed E-state index contributed by atoms with van der Waals surface area (Å²) >= 11 is 1.03. The first-order valence-electron chi connectivity index (χ1n) is 9.98. The third-order valence-corrected chi connectivity index (χ3v) is 5.91. The lowest BCUT2D eigenvalue weighted by Crippen LogP contribution is -2.14. The van der Waals surface area contributed by atoms with E-state index in [1.165, 1.54) is 7.11 Å². The van der Waals surface area contributed by atoms with Gasteiger partial charge in [-0.05, 0) is 62.7 Å². The van der Waals surface area contributed by atoms with Crippen LogP contribution in [0.1, 0.15) is 48.4 Å². The van der Waals surface area contributed by atoms with E-state index in [1.54, 1.807) is 43.3 Å². The molecule has 0 saturated heterocycles. The van der Waals surface area contributed by atoms with E-state index >= 15 is 0 Å². The third kappa shape index (κ3) is 5.15. The Balaban J connectivity index is 1.87. The van der Waals surface area contributed by atoms with Crippen LogP contribution >= 0.6 is 11.3 Å². The third-order valence-electron chi connectivity index (χ3n) is 4.71. The molecule has 1 aromatic heterocycles. The Kier molecular flexibility index (Phi) is 7.27. The van der Waals surface area contributed by atoms with E-state index in [2.05, 4.69) is 10.6 Å². The van der Waals surface area contributed by atoms with Crippen molar-refractivity contribution < 1.29 is 23.9 Å². The smallest absolute Gasteiger partial charge is 0.341 e. The van der Waals surface area contributed by atoms with Gasteiger partial charge in [0.15, 0.2) is 0 Å². The number of esters is 1. The molecular weight excluding hydrogens is 428 g/mol. The van der Waals surface area contributed by atoms with Crippen LogP contribution in [0, 0.1) is 13.8 Å². The molecule has 3 rings (SSSR count). The SMILES string of the molecule is CCOc1ccc(NC(=O)c2sc(NC(=O)c3ccc(C)cc3)c(C(=O)OC)c2C)cc1. The first kappa shape index (κ1) is 23.0. The summed E-state index contributed by atoms with van der Waals surface area (Å²) in [4.78, 5) is 38.3. The number of methoxy groups -OCH3 is 1. The van der Waals surface area contributed by atoms with Gasteiger partial charge in [-0.3, -0.25) is 9.59 Å². The van der Waals surface area contributed by atoms with Crippen molar-refractivity contribution in [2.24, 2.45) is 0 Å². The number of carbonyl (C=O) groups excluding carboxylic acids is 3. The average molecular weight is 453 g/mol. The normalized spacial score (nSPS) is 10.4. The van der Waals surface area contributed by atoms with Gasteiger partial charge in [0, 0.05) is 11.3 Å². The van der Waals surface area contributed by atoms with E-state index in [1.807, 2.05) is 26.0 Å². The molecule has 2 amide bonds. The molecule has 2 N–H and O–H groups in total. The van der Waals surface area contributed by atoms with Crippen molar-refractivity contribution >= 4 is 39.8 Å². The van der Waals surface area contributed by atoms with Gasteiger partial charge >= 0.3 is 5.97 Å². The second kappa shape index (κ2) is 10.1. The van der Waals surface area contributed by atoms with Crippen LogP contribution in [-0.4, -0.2) is 31.5 Å². The number of thiophene rings is 1. The minimum Gasteiger partial charge on any atom is -0.494 e. The maximum absolute atomic E-state index is 12.9. The van der Waals surface area contributed by atoms with Crippen molar-refractivity contribution in [2.75, 3.05) is 24.4 Å². The highest BCUT2D eigenvalue weighted by Crippen LogP contribution is 2.34. The van der Waals surface area contributed by atoms with Crippen LogP contribution in [-0.2, 0) is 4.74 Å². The van der Waals surface area contributed by atoms with Gasteiger partial charge in [-0.2, -0.15) is 0 Å². The number of carbonyl (C=O) groups is 3. The molecule has 0 radical (unpaired) electrons. The van der Waals surface area contributed by atoms with Crippen molar-refractivity contribution in [1.29, 1.82) is 0 Å². The first-order chi connectivity index (χ1) is 15.3. The highest BCUT2D eigenvalue weighted by atomic mass is 32.1. The number of amides is 2. The Morgan fingerprint density at radius 2 is 1.56 bits per heavy atom. The number of nitrogens with one attached hydrogen (secondary N) is 2. The Morgan fingerprint density at radius 1 is 0.906 bits per heavy atom. The molecule has 166 valence electrons. The van der Waals surface area contributed by atoms with Crippen LogP contribution in [0.3, 0.4) is 0 Å². The molecule has 32 heavy (non-hydrogen) atoms. The van der Waals surface area contributed by atoms with E-state index in [0.717, 1.165) is 16.9 Å². The summed E-state index contributed by atoms with van der Waals surface area (Å²) in [6, 6.07) is 14.0. The summed E-state index contributed by atoms with van der Waals surface area (Å²) in [7, 11) is 1.25. The van der Waals surface area contributed by atoms with Crippen molar-refractivity contribution in [3.63, 3.8) is 0 Å². The van der Waals surface area contributed by atoms with Gasteiger partial charge in [0.1, 0.15) is 10.8 Å². The van der Waals surface area contributed by atoms with E-state index in [4.69, 9.17) is 9.47 Å². The van der Waals surface area contributed by atoms with Gasteiger partial charge in [-0.15, -0.1) is 11.3 Å². The molecule has 0 unspecified atom stereocenters. The Hall–Kier alpha value is -3.65. The molecule has 8 heteroatoms. The van der Waals surface area contributed by atoms with E-state index < -0.39 is 11.9 Å². The lowest BCUT2D eigenvalue weighted by molar-refractivity contribution is 0.0601. The molecule has 0 aliphatic rings. The van der Waals surface area contributed by atoms with Crippen LogP contribution in [0.2, 0.25) is 0 Å². The van der Waals surface area contributed by atoms with E-state index in [9.17, 15) is 14.4 Å². The van der Waals surface area contributed by atoms with Crippen molar-refractivity contribution in [3.8, 4) is 5.75 Å². The van der Waals surface area contributed by atoms with Gasteiger partial charge in [0.2, 0.25) is 0 Å². The summed E-state index contributed by atoms with van der Waals surface area (Å²) in [6.45, 7) is 6.02. The van der Waals surface area contributed by atoms with Crippen LogP contribution in [0.15, 0.2) is 48.5 Å². The van der Waals surface area contributed by atoms with Gasteiger partial charge in [0.25, 0.3) is 11.8 Å². The Morgan fingerprint density at radius 3 is 2.16 bits per heavy atom. The predicted molar refractivity (Wildman–Crippen MR) is 125 cm³/mol. The minimum absolute atomic E-state index is 0.162. The number of rotatable bonds is 7. The second-order valence-electron chi connectivity index (χ2n) is 6.98. The molecule has 7 nitrogen and oxygen atoms in total. The maximum atomic E-state index is 12.9. The van der Waals surface area contributed by atoms with Crippen molar-refractivity contribution in [2.45, 2.75) is 20.8 Å². The zero-order valence-electron chi connectivity index (χ0n) is 18.3. The number of hydrogen-bond donors (Lipinski definition) is 2. The molecule has 1 heterocycles. The number of anilines is 2. The quantitative estimate of drug-likeness (QED) is 0.489. The van der Waals surface area contributed by atoms with Crippen LogP contribution in [0.4, 0.5) is 10.7 Å². The van der Waals surface area contributed by atoms with E-state index in [0.29, 0.717) is 34.0 Å². The summed E-state index contributed by atoms with van der Waals surface area (Å²) in [5, 5.41) is 5.81. The molecule has 0 atom stereocenters. The fraction of sp³-hybridized carbons (Fsp3) is 0.208. The van der Waals surface area contributed by atoms with Crippen molar-refractivity contribution in [1.82, 2.24) is 0 Å². The Labute approximate surface area is 190 Å². The first-order valence-corrected chi connectivity index (χ1v) is 10.8. The lowest BCUT2D eigenvalue weighted by atomic mass is 10.1. The number of ether oxygens (including phenoxy) is 2. The van der Waals surface area contributed by atoms with Crippen LogP contribution in [0.5, 0.6) is 5.75 Å². The van der Waals surface area contributed by atoms with Crippen LogP contribution < -0.4 is 15.4 Å². The number of hydrogen-bond acceptors (Lipinski definition) is 6. The molecule has 0 bridgehead atoms. The van der Waals surface area contributed by atoms with Gasteiger partial charge < -0.3 is 20.1 Å². The standard InChI is InChI=1S/C24H24N2O5S/c1-5-31-18-12-10-17(11-13-18)25-22(28)20-15(3)19(24(29)30-4)23(32-20)26-21(27)16-8-6-14(2)7-9-16/h6-13H,5H2,1-4H3,(H,25,28)(H,26,27). The molecule has 0 spiro atoms. The summed E-state index contributed by atoms with van der Waals surface area (Å²) in [5.41, 5.74) is 2.64. The lowest BCUT2D eigenvalue weighted by Gasteiger charge is -2.07. The molecular formula is C24H24N2O5S. The number of aryl methyl sites for hydroxylation is 1. The minimum atomic E-state index is -0.627. The fourth-order valence-corrected chi connectivity index (χ4v) is 4.12. The van der Waals surface area contributed by atoms with Gasteiger partial charge in [0.05, 0.1) is 24.2 Å². The predicted octanol–water partition coefficient (Wildman–Crippen LogP) is 5.05. The molecule has 0 fully saturated rings. The molecule has 3 aromatic rings. The highest BCUT2D eigenvalue weighted by Gasteiger charge is 2.26. The zero-order valence-corrected chi connectivity index (χ0v) is 19.1. The van der Waals surface area contributed by atoms with Gasteiger partial charge in [-0.25, -0.2) is 4.79 Å². The monoisotopic (exact) mass is 452 g/mol. The molecule has 2 aromatic carbocycles. The second-order valence-corrected chi connectivity index (χ2v) is 8.00. The average Bonchev–Trinajstić information content (AvgIpc) is 3.11. The molecule has 0 aliphatic carbocycles. The maximum Gasteiger partial charge on any atom is 0.341 e. The molecule has 0 saturated carbocycles. The highest BCUT2D eigenvalue weighted by molar-refractivity contribution is 7.19. The summed E-state index contributed by atoms with van der Waals surface area (Å²) < 4.78 is 10.3. The van der Waals surface area contributed by atoms with Gasteiger partial charge in [-0.1, -0.05) is 17.7 Å². The molecule has 0 aliphatic heterocycles.